The first-order valence-electron chi connectivity index (χ1n) is 5.62. The van der Waals surface area contributed by atoms with Crippen LogP contribution in [0.2, 0.25) is 0 Å². The van der Waals surface area contributed by atoms with Crippen molar-refractivity contribution >= 4 is 23.0 Å². The van der Waals surface area contributed by atoms with Gasteiger partial charge < -0.3 is 15.8 Å². The Bertz CT molecular complexity index is 648. The van der Waals surface area contributed by atoms with Gasteiger partial charge in [0, 0.05) is 5.92 Å². The zero-order valence-electron chi connectivity index (χ0n) is 10.0. The van der Waals surface area contributed by atoms with E-state index in [1.54, 1.807) is 0 Å². The van der Waals surface area contributed by atoms with Crippen LogP contribution in [0.5, 0.6) is 0 Å². The molecular formula is C11H13N5O2. The van der Waals surface area contributed by atoms with E-state index in [9.17, 15) is 4.79 Å². The molecule has 0 spiro atoms. The predicted molar refractivity (Wildman–Crippen MR) is 63.7 cm³/mol. The lowest BCUT2D eigenvalue weighted by molar-refractivity contribution is -0.139. The van der Waals surface area contributed by atoms with E-state index in [-0.39, 0.29) is 11.3 Å². The number of nitrogens with two attached hydrogens (primary N) is 1. The van der Waals surface area contributed by atoms with E-state index in [2.05, 4.69) is 19.9 Å². The number of rotatable bonds is 2. The van der Waals surface area contributed by atoms with E-state index in [1.807, 2.05) is 13.8 Å². The van der Waals surface area contributed by atoms with Gasteiger partial charge in [0.15, 0.2) is 11.5 Å². The molecule has 94 valence electrons. The topological polar surface area (TPSA) is 118 Å². The van der Waals surface area contributed by atoms with Gasteiger partial charge in [-0.1, -0.05) is 13.8 Å². The van der Waals surface area contributed by atoms with Gasteiger partial charge in [-0.2, -0.15) is 0 Å². The number of carboxylic acids is 1. The van der Waals surface area contributed by atoms with Crippen LogP contribution in [0.25, 0.3) is 11.2 Å². The Balaban J connectivity index is 2.07. The summed E-state index contributed by atoms with van der Waals surface area (Å²) in [5.74, 6) is -0.418. The van der Waals surface area contributed by atoms with Gasteiger partial charge in [0.2, 0.25) is 0 Å². The van der Waals surface area contributed by atoms with Crippen LogP contribution >= 0.6 is 0 Å². The molecular weight excluding hydrogens is 234 g/mol. The molecule has 2 heterocycles. The third kappa shape index (κ3) is 1.30. The Kier molecular flexibility index (Phi) is 1.93. The first kappa shape index (κ1) is 10.9. The lowest BCUT2D eigenvalue weighted by Gasteiger charge is -1.97. The highest BCUT2D eigenvalue weighted by molar-refractivity contribution is 5.82. The van der Waals surface area contributed by atoms with Gasteiger partial charge >= 0.3 is 5.97 Å². The van der Waals surface area contributed by atoms with Crippen LogP contribution in [0.3, 0.4) is 0 Å². The van der Waals surface area contributed by atoms with Crippen molar-refractivity contribution in [3.8, 4) is 0 Å². The highest BCUT2D eigenvalue weighted by Crippen LogP contribution is 2.63. The van der Waals surface area contributed by atoms with Crippen LogP contribution in [0, 0.1) is 11.3 Å². The summed E-state index contributed by atoms with van der Waals surface area (Å²) in [6.45, 7) is 3.83. The van der Waals surface area contributed by atoms with Crippen molar-refractivity contribution in [3.63, 3.8) is 0 Å². The standard InChI is InChI=1S/C11H13N5O2/c1-11(2)4(5(11)10(17)18)8-15-6-7(12)13-3-14-9(6)16-8/h3-5H,1-2H3,(H,17,18)(H3,12,13,14,15,16). The van der Waals surface area contributed by atoms with E-state index >= 15 is 0 Å². The van der Waals surface area contributed by atoms with Gasteiger partial charge in [0.05, 0.1) is 5.92 Å². The third-order valence-corrected chi connectivity index (χ3v) is 3.72. The number of nitrogens with zero attached hydrogens (tertiary/aromatic N) is 3. The van der Waals surface area contributed by atoms with E-state index < -0.39 is 11.9 Å². The number of carboxylic acid groups (broad SMARTS) is 1. The summed E-state index contributed by atoms with van der Waals surface area (Å²) in [4.78, 5) is 26.4. The number of nitrogens with one attached hydrogen (secondary N) is 1. The molecule has 2 aromatic heterocycles. The largest absolute Gasteiger partial charge is 0.481 e. The van der Waals surface area contributed by atoms with Crippen molar-refractivity contribution in [2.75, 3.05) is 5.73 Å². The van der Waals surface area contributed by atoms with Gasteiger partial charge in [-0.25, -0.2) is 15.0 Å². The molecule has 0 amide bonds. The van der Waals surface area contributed by atoms with Crippen molar-refractivity contribution in [1.29, 1.82) is 0 Å². The molecule has 0 bridgehead atoms. The number of hydrogen-bond acceptors (Lipinski definition) is 5. The summed E-state index contributed by atoms with van der Waals surface area (Å²) in [6.07, 6.45) is 1.34. The second-order valence-corrected chi connectivity index (χ2v) is 5.19. The number of fused-ring (bicyclic) bond motifs is 1. The van der Waals surface area contributed by atoms with Crippen LogP contribution in [-0.2, 0) is 4.79 Å². The summed E-state index contributed by atoms with van der Waals surface area (Å²) in [5.41, 5.74) is 6.45. The van der Waals surface area contributed by atoms with E-state index in [0.717, 1.165) is 0 Å². The monoisotopic (exact) mass is 247 g/mol. The van der Waals surface area contributed by atoms with Gasteiger partial charge in [-0.3, -0.25) is 4.79 Å². The molecule has 0 aromatic carbocycles. The van der Waals surface area contributed by atoms with Crippen LogP contribution in [-0.4, -0.2) is 31.0 Å². The summed E-state index contributed by atoms with van der Waals surface area (Å²) in [7, 11) is 0. The second-order valence-electron chi connectivity index (χ2n) is 5.19. The number of aliphatic carboxylic acids is 1. The summed E-state index contributed by atoms with van der Waals surface area (Å²) >= 11 is 0. The van der Waals surface area contributed by atoms with Crippen molar-refractivity contribution in [1.82, 2.24) is 19.9 Å². The fraction of sp³-hybridized carbons (Fsp3) is 0.455. The highest BCUT2D eigenvalue weighted by Gasteiger charge is 2.64. The first-order chi connectivity index (χ1) is 8.43. The molecule has 1 aliphatic carbocycles. The zero-order chi connectivity index (χ0) is 13.1. The summed E-state index contributed by atoms with van der Waals surface area (Å²) in [6, 6.07) is 0. The number of hydrogen-bond donors (Lipinski definition) is 3. The van der Waals surface area contributed by atoms with Crippen molar-refractivity contribution in [2.45, 2.75) is 19.8 Å². The van der Waals surface area contributed by atoms with Crippen molar-refractivity contribution in [2.24, 2.45) is 11.3 Å². The number of nitrogen functional groups attached to an aromatic ring is 1. The highest BCUT2D eigenvalue weighted by atomic mass is 16.4. The Labute approximate surface area is 102 Å². The summed E-state index contributed by atoms with van der Waals surface area (Å²) in [5, 5.41) is 9.16. The molecule has 18 heavy (non-hydrogen) atoms. The fourth-order valence-electron chi connectivity index (χ4n) is 2.62. The van der Waals surface area contributed by atoms with Crippen LogP contribution in [0.4, 0.5) is 5.82 Å². The molecule has 0 radical (unpaired) electrons. The molecule has 0 aliphatic heterocycles. The molecule has 2 atom stereocenters. The minimum absolute atomic E-state index is 0.136. The van der Waals surface area contributed by atoms with Crippen LogP contribution in [0.15, 0.2) is 6.33 Å². The molecule has 7 nitrogen and oxygen atoms in total. The van der Waals surface area contributed by atoms with E-state index in [0.29, 0.717) is 22.8 Å². The first-order valence-corrected chi connectivity index (χ1v) is 5.62. The fourth-order valence-corrected chi connectivity index (χ4v) is 2.62. The zero-order valence-corrected chi connectivity index (χ0v) is 10.0. The average molecular weight is 247 g/mol. The maximum Gasteiger partial charge on any atom is 0.307 e. The molecule has 1 aliphatic rings. The number of anilines is 1. The van der Waals surface area contributed by atoms with Crippen molar-refractivity contribution in [3.05, 3.63) is 12.2 Å². The maximum absolute atomic E-state index is 11.1. The van der Waals surface area contributed by atoms with Gasteiger partial charge in [-0.15, -0.1) is 0 Å². The third-order valence-electron chi connectivity index (χ3n) is 3.72. The number of imidazole rings is 1. The maximum atomic E-state index is 11.1. The Morgan fingerprint density at radius 1 is 1.50 bits per heavy atom. The quantitative estimate of drug-likeness (QED) is 0.721. The normalized spacial score (nSPS) is 25.2. The molecule has 3 rings (SSSR count). The molecule has 1 saturated carbocycles. The minimum Gasteiger partial charge on any atom is -0.481 e. The van der Waals surface area contributed by atoms with Crippen LogP contribution < -0.4 is 5.73 Å². The van der Waals surface area contributed by atoms with Crippen LogP contribution in [0.1, 0.15) is 25.6 Å². The van der Waals surface area contributed by atoms with E-state index in [4.69, 9.17) is 10.8 Å². The Morgan fingerprint density at radius 3 is 2.78 bits per heavy atom. The van der Waals surface area contributed by atoms with Gasteiger partial charge in [0.25, 0.3) is 0 Å². The number of H-pyrrole nitrogens is 1. The predicted octanol–water partition coefficient (Wildman–Crippen LogP) is 0.759. The molecule has 2 aromatic rings. The second kappa shape index (κ2) is 3.18. The molecule has 1 fully saturated rings. The number of aromatic amines is 1. The average Bonchev–Trinajstić information content (AvgIpc) is 2.68. The minimum atomic E-state index is -0.801. The van der Waals surface area contributed by atoms with Gasteiger partial charge in [-0.05, 0) is 5.41 Å². The SMILES string of the molecule is CC1(C)C(C(=O)O)C1c1nc2ncnc(N)c2[nH]1. The molecule has 0 saturated heterocycles. The smallest absolute Gasteiger partial charge is 0.307 e. The number of carbonyl (C=O) groups is 1. The van der Waals surface area contributed by atoms with Crippen molar-refractivity contribution < 1.29 is 9.90 Å². The molecule has 4 N–H and O–H groups in total. The Morgan fingerprint density at radius 2 is 2.22 bits per heavy atom. The molecule has 2 unspecified atom stereocenters. The van der Waals surface area contributed by atoms with Gasteiger partial charge in [0.1, 0.15) is 17.7 Å². The molecule has 7 heteroatoms. The number of aromatic nitrogens is 4. The van der Waals surface area contributed by atoms with E-state index in [1.165, 1.54) is 6.33 Å². The lowest BCUT2D eigenvalue weighted by Crippen LogP contribution is -2.03. The lowest BCUT2D eigenvalue weighted by atomic mass is 10.1. The summed E-state index contributed by atoms with van der Waals surface area (Å²) < 4.78 is 0. The Hall–Kier alpha value is -2.18.